The molecule has 1 heterocycles. The van der Waals surface area contributed by atoms with Crippen molar-refractivity contribution >= 4 is 22.6 Å². The number of H-pyrrole nitrogens is 1. The van der Waals surface area contributed by atoms with Gasteiger partial charge in [0.2, 0.25) is 0 Å². The lowest BCUT2D eigenvalue weighted by atomic mass is 10.2. The average Bonchev–Trinajstić information content (AvgIpc) is 2.59. The van der Waals surface area contributed by atoms with Crippen LogP contribution in [0.15, 0.2) is 18.2 Å². The van der Waals surface area contributed by atoms with Crippen LogP contribution in [0.1, 0.15) is 11.4 Å². The van der Waals surface area contributed by atoms with E-state index in [9.17, 15) is 4.39 Å². The number of imidazole rings is 1. The van der Waals surface area contributed by atoms with E-state index < -0.39 is 6.67 Å². The third kappa shape index (κ3) is 1.40. The van der Waals surface area contributed by atoms with Crippen molar-refractivity contribution in [2.45, 2.75) is 12.6 Å². The zero-order valence-electron chi connectivity index (χ0n) is 6.85. The molecule has 0 aliphatic heterocycles. The topological polar surface area (TPSA) is 28.7 Å². The van der Waals surface area contributed by atoms with E-state index in [0.717, 1.165) is 5.52 Å². The van der Waals surface area contributed by atoms with E-state index >= 15 is 0 Å². The normalized spacial score (nSPS) is 10.9. The Morgan fingerprint density at radius 3 is 3.00 bits per heavy atom. The maximum atomic E-state index is 12.5. The molecule has 0 radical (unpaired) electrons. The first-order valence-electron chi connectivity index (χ1n) is 3.93. The summed E-state index contributed by atoms with van der Waals surface area (Å²) in [5.41, 5.74) is 2.12. The zero-order valence-corrected chi connectivity index (χ0v) is 7.61. The summed E-state index contributed by atoms with van der Waals surface area (Å²) in [6.45, 7) is -0.496. The number of alkyl halides is 2. The number of hydrogen-bond donors (Lipinski definition) is 1. The second kappa shape index (κ2) is 3.34. The number of benzene rings is 1. The second-order valence-corrected chi connectivity index (χ2v) is 3.03. The summed E-state index contributed by atoms with van der Waals surface area (Å²) in [7, 11) is 0. The number of fused-ring (bicyclic) bond motifs is 1. The van der Waals surface area contributed by atoms with Gasteiger partial charge in [0.15, 0.2) is 0 Å². The third-order valence-corrected chi connectivity index (χ3v) is 2.17. The number of aromatic nitrogens is 2. The van der Waals surface area contributed by atoms with Crippen molar-refractivity contribution in [3.63, 3.8) is 0 Å². The number of para-hydroxylation sites is 1. The molecular formula is C9H8ClFN2. The summed E-state index contributed by atoms with van der Waals surface area (Å²) >= 11 is 5.61. The van der Waals surface area contributed by atoms with Crippen LogP contribution in [-0.2, 0) is 12.6 Å². The van der Waals surface area contributed by atoms with E-state index in [-0.39, 0.29) is 0 Å². The van der Waals surface area contributed by atoms with Gasteiger partial charge in [0, 0.05) is 5.56 Å². The number of nitrogens with zero attached hydrogens (tertiary/aromatic N) is 1. The lowest BCUT2D eigenvalue weighted by Gasteiger charge is -1.93. The number of rotatable bonds is 2. The predicted octanol–water partition coefficient (Wildman–Crippen LogP) is 2.77. The van der Waals surface area contributed by atoms with Crippen molar-refractivity contribution < 1.29 is 4.39 Å². The SMILES string of the molecule is FCc1cccc2[nH]c(CCl)nc12. The Morgan fingerprint density at radius 1 is 1.46 bits per heavy atom. The van der Waals surface area contributed by atoms with Gasteiger partial charge >= 0.3 is 0 Å². The summed E-state index contributed by atoms with van der Waals surface area (Å²) in [6.07, 6.45) is 0. The highest BCUT2D eigenvalue weighted by Crippen LogP contribution is 2.17. The summed E-state index contributed by atoms with van der Waals surface area (Å²) < 4.78 is 12.5. The molecular weight excluding hydrogens is 191 g/mol. The van der Waals surface area contributed by atoms with Gasteiger partial charge in [0.1, 0.15) is 12.5 Å². The zero-order chi connectivity index (χ0) is 9.26. The summed E-state index contributed by atoms with van der Waals surface area (Å²) in [6, 6.07) is 5.38. The fourth-order valence-corrected chi connectivity index (χ4v) is 1.44. The number of halogens is 2. The van der Waals surface area contributed by atoms with Crippen LogP contribution in [0.3, 0.4) is 0 Å². The first kappa shape index (κ1) is 8.51. The fraction of sp³-hybridized carbons (Fsp3) is 0.222. The van der Waals surface area contributed by atoms with Crippen LogP contribution in [0.4, 0.5) is 4.39 Å². The van der Waals surface area contributed by atoms with E-state index in [1.165, 1.54) is 0 Å². The van der Waals surface area contributed by atoms with Crippen molar-refractivity contribution in [1.29, 1.82) is 0 Å². The summed E-state index contributed by atoms with van der Waals surface area (Å²) in [4.78, 5) is 7.18. The van der Waals surface area contributed by atoms with Gasteiger partial charge in [-0.05, 0) is 6.07 Å². The molecule has 1 N–H and O–H groups in total. The van der Waals surface area contributed by atoms with Gasteiger partial charge in [-0.3, -0.25) is 0 Å². The number of hydrogen-bond acceptors (Lipinski definition) is 1. The number of nitrogens with one attached hydrogen (secondary N) is 1. The smallest absolute Gasteiger partial charge is 0.122 e. The fourth-order valence-electron chi connectivity index (χ4n) is 1.31. The van der Waals surface area contributed by atoms with Gasteiger partial charge in [-0.2, -0.15) is 0 Å². The van der Waals surface area contributed by atoms with Crippen molar-refractivity contribution in [2.75, 3.05) is 0 Å². The maximum absolute atomic E-state index is 12.5. The van der Waals surface area contributed by atoms with E-state index in [4.69, 9.17) is 11.6 Å². The van der Waals surface area contributed by atoms with Crippen LogP contribution in [-0.4, -0.2) is 9.97 Å². The second-order valence-electron chi connectivity index (χ2n) is 2.76. The molecule has 0 saturated carbocycles. The summed E-state index contributed by atoms with van der Waals surface area (Å²) in [5, 5.41) is 0. The van der Waals surface area contributed by atoms with Crippen LogP contribution in [0.2, 0.25) is 0 Å². The van der Waals surface area contributed by atoms with Crippen molar-refractivity contribution in [1.82, 2.24) is 9.97 Å². The molecule has 0 amide bonds. The van der Waals surface area contributed by atoms with Crippen LogP contribution < -0.4 is 0 Å². The minimum atomic E-state index is -0.496. The van der Waals surface area contributed by atoms with Gasteiger partial charge in [0.25, 0.3) is 0 Å². The molecule has 0 fully saturated rings. The lowest BCUT2D eigenvalue weighted by Crippen LogP contribution is -1.81. The van der Waals surface area contributed by atoms with Gasteiger partial charge in [0.05, 0.1) is 16.9 Å². The highest BCUT2D eigenvalue weighted by atomic mass is 35.5. The van der Waals surface area contributed by atoms with Crippen LogP contribution in [0, 0.1) is 0 Å². The van der Waals surface area contributed by atoms with Gasteiger partial charge in [-0.15, -0.1) is 11.6 Å². The largest absolute Gasteiger partial charge is 0.341 e. The first-order valence-corrected chi connectivity index (χ1v) is 4.47. The lowest BCUT2D eigenvalue weighted by molar-refractivity contribution is 0.487. The number of aromatic amines is 1. The molecule has 1 aromatic heterocycles. The van der Waals surface area contributed by atoms with E-state index in [1.54, 1.807) is 12.1 Å². The average molecular weight is 199 g/mol. The maximum Gasteiger partial charge on any atom is 0.122 e. The molecule has 2 nitrogen and oxygen atoms in total. The van der Waals surface area contributed by atoms with Gasteiger partial charge in [-0.25, -0.2) is 9.37 Å². The molecule has 2 rings (SSSR count). The monoisotopic (exact) mass is 198 g/mol. The molecule has 0 aliphatic rings. The third-order valence-electron chi connectivity index (χ3n) is 1.92. The van der Waals surface area contributed by atoms with Crippen LogP contribution >= 0.6 is 11.6 Å². The molecule has 13 heavy (non-hydrogen) atoms. The molecule has 0 atom stereocenters. The highest BCUT2D eigenvalue weighted by Gasteiger charge is 2.05. The minimum absolute atomic E-state index is 0.320. The summed E-state index contributed by atoms with van der Waals surface area (Å²) in [5.74, 6) is 0.998. The molecule has 0 unspecified atom stereocenters. The van der Waals surface area contributed by atoms with Crippen molar-refractivity contribution in [3.8, 4) is 0 Å². The van der Waals surface area contributed by atoms with Crippen molar-refractivity contribution in [3.05, 3.63) is 29.6 Å². The Bertz CT molecular complexity index is 424. The Balaban J connectivity index is 2.67. The Labute approximate surface area is 79.7 Å². The molecule has 4 heteroatoms. The molecule has 2 aromatic rings. The predicted molar refractivity (Wildman–Crippen MR) is 50.5 cm³/mol. The minimum Gasteiger partial charge on any atom is -0.341 e. The molecule has 0 aliphatic carbocycles. The van der Waals surface area contributed by atoms with Crippen LogP contribution in [0.25, 0.3) is 11.0 Å². The Morgan fingerprint density at radius 2 is 2.31 bits per heavy atom. The van der Waals surface area contributed by atoms with Crippen molar-refractivity contribution in [2.24, 2.45) is 0 Å². The highest BCUT2D eigenvalue weighted by molar-refractivity contribution is 6.16. The molecule has 0 saturated heterocycles. The Hall–Kier alpha value is -1.09. The van der Waals surface area contributed by atoms with Crippen LogP contribution in [0.5, 0.6) is 0 Å². The standard InChI is InChI=1S/C9H8ClFN2/c10-4-8-12-7-3-1-2-6(5-11)9(7)13-8/h1-3H,4-5H2,(H,12,13). The molecule has 68 valence electrons. The molecule has 1 aromatic carbocycles. The quantitative estimate of drug-likeness (QED) is 0.739. The van der Waals surface area contributed by atoms with E-state index in [1.807, 2.05) is 6.07 Å². The first-order chi connectivity index (χ1) is 6.35. The molecule has 0 bridgehead atoms. The van der Waals surface area contributed by atoms with Gasteiger partial charge in [-0.1, -0.05) is 12.1 Å². The Kier molecular flexibility index (Phi) is 2.19. The van der Waals surface area contributed by atoms with Gasteiger partial charge < -0.3 is 4.98 Å². The van der Waals surface area contributed by atoms with E-state index in [0.29, 0.717) is 22.8 Å². The van der Waals surface area contributed by atoms with E-state index in [2.05, 4.69) is 9.97 Å². The molecule has 0 spiro atoms.